The Hall–Kier alpha value is -0.520. The van der Waals surface area contributed by atoms with Crippen LogP contribution < -0.4 is 0 Å². The van der Waals surface area contributed by atoms with Crippen LogP contribution in [0, 0.1) is 0 Å². The maximum atomic E-state index is 3.70. The quantitative estimate of drug-likeness (QED) is 0.397. The summed E-state index contributed by atoms with van der Waals surface area (Å²) in [4.78, 5) is 0. The van der Waals surface area contributed by atoms with Gasteiger partial charge in [0.2, 0.25) is 0 Å². The van der Waals surface area contributed by atoms with Gasteiger partial charge in [0.25, 0.3) is 0 Å². The van der Waals surface area contributed by atoms with Crippen molar-refractivity contribution in [3.8, 4) is 0 Å². The minimum Gasteiger partial charge on any atom is -0.103 e. The van der Waals surface area contributed by atoms with E-state index in [1.807, 2.05) is 6.08 Å². The first-order valence-electron chi connectivity index (χ1n) is 4.57. The van der Waals surface area contributed by atoms with E-state index in [4.69, 9.17) is 0 Å². The van der Waals surface area contributed by atoms with Gasteiger partial charge in [-0.2, -0.15) is 0 Å². The Morgan fingerprint density at radius 2 is 2.09 bits per heavy atom. The fraction of sp³-hybridized carbons (Fsp3) is 0.636. The minimum absolute atomic E-state index is 1.05. The van der Waals surface area contributed by atoms with E-state index in [2.05, 4.69) is 26.5 Å². The van der Waals surface area contributed by atoms with Crippen molar-refractivity contribution in [2.75, 3.05) is 0 Å². The summed E-state index contributed by atoms with van der Waals surface area (Å²) in [5.41, 5.74) is 1.45. The first-order valence-corrected chi connectivity index (χ1v) is 4.57. The first kappa shape index (κ1) is 10.5. The first-order chi connectivity index (χ1) is 5.31. The van der Waals surface area contributed by atoms with E-state index in [-0.39, 0.29) is 0 Å². The third-order valence-corrected chi connectivity index (χ3v) is 1.77. The Bertz CT molecular complexity index is 120. The van der Waals surface area contributed by atoms with Crippen LogP contribution in [0.1, 0.15) is 46.0 Å². The summed E-state index contributed by atoms with van der Waals surface area (Å²) < 4.78 is 0. The molecule has 0 saturated carbocycles. The molecule has 0 heterocycles. The second-order valence-electron chi connectivity index (χ2n) is 3.04. The number of rotatable bonds is 6. The fourth-order valence-corrected chi connectivity index (χ4v) is 1.05. The van der Waals surface area contributed by atoms with Crippen LogP contribution in [0.4, 0.5) is 0 Å². The summed E-state index contributed by atoms with van der Waals surface area (Å²) in [6.45, 7) is 8.11. The zero-order valence-electron chi connectivity index (χ0n) is 7.90. The summed E-state index contributed by atoms with van der Waals surface area (Å²) in [7, 11) is 0. The Balaban J connectivity index is 3.31. The predicted octanol–water partition coefficient (Wildman–Crippen LogP) is 4.09. The molecular weight excluding hydrogens is 132 g/mol. The third-order valence-electron chi connectivity index (χ3n) is 1.77. The van der Waals surface area contributed by atoms with E-state index >= 15 is 0 Å². The molecule has 0 aliphatic rings. The molecule has 0 nitrogen and oxygen atoms in total. The number of hydrogen-bond acceptors (Lipinski definition) is 0. The molecule has 0 spiro atoms. The molecule has 0 aromatic carbocycles. The van der Waals surface area contributed by atoms with Crippen molar-refractivity contribution in [3.05, 3.63) is 24.3 Å². The van der Waals surface area contributed by atoms with Crippen molar-refractivity contribution in [1.82, 2.24) is 0 Å². The normalized spacial score (nSPS) is 11.6. The van der Waals surface area contributed by atoms with Gasteiger partial charge in [0.05, 0.1) is 0 Å². The molecule has 11 heavy (non-hydrogen) atoms. The van der Waals surface area contributed by atoms with Crippen LogP contribution in [0.3, 0.4) is 0 Å². The molecule has 0 atom stereocenters. The molecule has 0 saturated heterocycles. The second-order valence-corrected chi connectivity index (χ2v) is 3.04. The number of allylic oxidation sites excluding steroid dienone is 3. The van der Waals surface area contributed by atoms with Gasteiger partial charge in [0.15, 0.2) is 0 Å². The van der Waals surface area contributed by atoms with E-state index in [1.165, 1.54) is 31.3 Å². The second kappa shape index (κ2) is 7.59. The minimum atomic E-state index is 1.05. The zero-order valence-corrected chi connectivity index (χ0v) is 7.90. The predicted molar refractivity (Wildman–Crippen MR) is 52.7 cm³/mol. The van der Waals surface area contributed by atoms with Gasteiger partial charge < -0.3 is 0 Å². The van der Waals surface area contributed by atoms with Gasteiger partial charge in [-0.25, -0.2) is 0 Å². The van der Waals surface area contributed by atoms with Gasteiger partial charge in [-0.1, -0.05) is 37.5 Å². The largest absolute Gasteiger partial charge is 0.103 e. The highest BCUT2D eigenvalue weighted by atomic mass is 13.9. The summed E-state index contributed by atoms with van der Waals surface area (Å²) in [6.07, 6.45) is 10.6. The maximum absolute atomic E-state index is 3.70. The third kappa shape index (κ3) is 7.38. The summed E-state index contributed by atoms with van der Waals surface area (Å²) in [5, 5.41) is 0. The molecule has 0 unspecified atom stereocenters. The van der Waals surface area contributed by atoms with E-state index in [1.54, 1.807) is 0 Å². The molecule has 0 fully saturated rings. The van der Waals surface area contributed by atoms with Crippen molar-refractivity contribution in [1.29, 1.82) is 0 Å². The maximum Gasteiger partial charge on any atom is -0.0144 e. The molecule has 0 rings (SSSR count). The molecule has 0 aromatic heterocycles. The average molecular weight is 152 g/mol. The van der Waals surface area contributed by atoms with Gasteiger partial charge in [0, 0.05) is 0 Å². The molecule has 0 aliphatic carbocycles. The van der Waals surface area contributed by atoms with E-state index < -0.39 is 0 Å². The lowest BCUT2D eigenvalue weighted by Gasteiger charge is -1.95. The van der Waals surface area contributed by atoms with Gasteiger partial charge in [-0.15, -0.1) is 6.58 Å². The lowest BCUT2D eigenvalue weighted by Crippen LogP contribution is -1.75. The Morgan fingerprint density at radius 1 is 1.36 bits per heavy atom. The fourth-order valence-electron chi connectivity index (χ4n) is 1.05. The Morgan fingerprint density at radius 3 is 2.64 bits per heavy atom. The number of hydrogen-bond donors (Lipinski definition) is 0. The zero-order chi connectivity index (χ0) is 8.53. The number of unbranched alkanes of at least 4 members (excludes halogenated alkanes) is 3. The molecular formula is C11H20. The Kier molecular flexibility index (Phi) is 7.23. The molecule has 0 heteroatoms. The van der Waals surface area contributed by atoms with E-state index in [0.29, 0.717) is 0 Å². The molecule has 0 bridgehead atoms. The molecule has 0 N–H and O–H groups in total. The lowest BCUT2D eigenvalue weighted by molar-refractivity contribution is 0.726. The van der Waals surface area contributed by atoms with Gasteiger partial charge in [-0.05, 0) is 26.2 Å². The van der Waals surface area contributed by atoms with Crippen LogP contribution in [0.2, 0.25) is 0 Å². The summed E-state index contributed by atoms with van der Waals surface area (Å²) in [5.74, 6) is 0. The molecule has 0 radical (unpaired) electrons. The molecule has 0 aromatic rings. The van der Waals surface area contributed by atoms with Gasteiger partial charge in [-0.3, -0.25) is 0 Å². The smallest absolute Gasteiger partial charge is 0.0144 e. The van der Waals surface area contributed by atoms with Crippen LogP contribution in [-0.2, 0) is 0 Å². The SMILES string of the molecule is C=CCC(C)=CCCCCC. The lowest BCUT2D eigenvalue weighted by atomic mass is 10.1. The van der Waals surface area contributed by atoms with Crippen molar-refractivity contribution in [3.63, 3.8) is 0 Å². The van der Waals surface area contributed by atoms with E-state index in [0.717, 1.165) is 6.42 Å². The van der Waals surface area contributed by atoms with Gasteiger partial charge >= 0.3 is 0 Å². The van der Waals surface area contributed by atoms with Crippen LogP contribution >= 0.6 is 0 Å². The van der Waals surface area contributed by atoms with Crippen molar-refractivity contribution in [2.24, 2.45) is 0 Å². The van der Waals surface area contributed by atoms with Crippen molar-refractivity contribution in [2.45, 2.75) is 46.0 Å². The topological polar surface area (TPSA) is 0 Å². The van der Waals surface area contributed by atoms with Gasteiger partial charge in [0.1, 0.15) is 0 Å². The van der Waals surface area contributed by atoms with Crippen LogP contribution in [0.5, 0.6) is 0 Å². The molecule has 64 valence electrons. The van der Waals surface area contributed by atoms with Crippen LogP contribution in [-0.4, -0.2) is 0 Å². The monoisotopic (exact) mass is 152 g/mol. The molecule has 0 aliphatic heterocycles. The highest BCUT2D eigenvalue weighted by molar-refractivity contribution is 5.02. The average Bonchev–Trinajstić information content (AvgIpc) is 1.99. The van der Waals surface area contributed by atoms with Crippen molar-refractivity contribution < 1.29 is 0 Å². The van der Waals surface area contributed by atoms with E-state index in [9.17, 15) is 0 Å². The Labute approximate surface area is 71.0 Å². The highest BCUT2D eigenvalue weighted by Gasteiger charge is 1.85. The van der Waals surface area contributed by atoms with Crippen LogP contribution in [0.15, 0.2) is 24.3 Å². The van der Waals surface area contributed by atoms with Crippen molar-refractivity contribution >= 4 is 0 Å². The standard InChI is InChI=1S/C11H20/c1-4-6-7-8-10-11(3)9-5-2/h5,10H,2,4,6-9H2,1,3H3. The highest BCUT2D eigenvalue weighted by Crippen LogP contribution is 2.05. The summed E-state index contributed by atoms with van der Waals surface area (Å²) >= 11 is 0. The summed E-state index contributed by atoms with van der Waals surface area (Å²) in [6, 6.07) is 0. The van der Waals surface area contributed by atoms with Crippen LogP contribution in [0.25, 0.3) is 0 Å². The molecule has 0 amide bonds.